The molecule has 2 aliphatic rings. The van der Waals surface area contributed by atoms with Gasteiger partial charge in [0.05, 0.1) is 23.7 Å². The molecule has 1 amide bonds. The van der Waals surface area contributed by atoms with Crippen LogP contribution in [0.15, 0.2) is 48.5 Å². The van der Waals surface area contributed by atoms with Crippen molar-refractivity contribution in [2.75, 3.05) is 69.2 Å². The van der Waals surface area contributed by atoms with E-state index < -0.39 is 0 Å². The molecule has 0 spiro atoms. The Bertz CT molecular complexity index is 992. The average Bonchev–Trinajstić information content (AvgIpc) is 2.83. The number of ether oxygens (including phenoxy) is 1. The summed E-state index contributed by atoms with van der Waals surface area (Å²) in [5, 5.41) is 11.3. The number of rotatable bonds is 7. The van der Waals surface area contributed by atoms with Crippen molar-refractivity contribution < 1.29 is 14.5 Å². The first-order valence-corrected chi connectivity index (χ1v) is 11.4. The lowest BCUT2D eigenvalue weighted by Crippen LogP contribution is -2.52. The van der Waals surface area contributed by atoms with Gasteiger partial charge in [0.1, 0.15) is 17.5 Å². The van der Waals surface area contributed by atoms with Crippen molar-refractivity contribution in [2.45, 2.75) is 13.0 Å². The van der Waals surface area contributed by atoms with Crippen molar-refractivity contribution >= 4 is 23.0 Å². The molecule has 4 rings (SSSR count). The van der Waals surface area contributed by atoms with Gasteiger partial charge in [0.2, 0.25) is 5.91 Å². The van der Waals surface area contributed by atoms with Crippen LogP contribution in [0.5, 0.6) is 5.75 Å². The van der Waals surface area contributed by atoms with Gasteiger partial charge in [0.25, 0.3) is 5.69 Å². The van der Waals surface area contributed by atoms with Crippen LogP contribution in [0.4, 0.5) is 17.1 Å². The number of carbonyl (C=O) groups excluding carboxylic acids is 1. The zero-order chi connectivity index (χ0) is 23.4. The molecular weight excluding hydrogens is 422 g/mol. The zero-order valence-electron chi connectivity index (χ0n) is 19.2. The molecule has 2 aliphatic heterocycles. The smallest absolute Gasteiger partial charge is 0.292 e. The van der Waals surface area contributed by atoms with Gasteiger partial charge >= 0.3 is 0 Å². The number of likely N-dealkylation sites (N-methyl/N-ethyl adjacent to an activating group) is 2. The van der Waals surface area contributed by atoms with Crippen molar-refractivity contribution in [1.82, 2.24) is 9.80 Å². The molecule has 0 radical (unpaired) electrons. The van der Waals surface area contributed by atoms with E-state index >= 15 is 0 Å². The largest absolute Gasteiger partial charge is 0.485 e. The number of para-hydroxylation sites is 4. The Morgan fingerprint density at radius 1 is 1.09 bits per heavy atom. The summed E-state index contributed by atoms with van der Waals surface area (Å²) in [6.45, 7) is 7.07. The molecule has 0 bridgehead atoms. The van der Waals surface area contributed by atoms with Gasteiger partial charge in [0.15, 0.2) is 0 Å². The standard InChI is InChI=1S/C24H31N5O4/c1-3-26-17-19(33-23-11-7-6-10-22(23)26)16-25(2)18-24(30)28-14-12-27(13-15-28)20-8-4-5-9-21(20)29(31)32/h4-11,19H,3,12-18H2,1-2H3. The number of benzene rings is 2. The molecular formula is C24H31N5O4. The molecule has 9 nitrogen and oxygen atoms in total. The number of anilines is 2. The predicted molar refractivity (Wildman–Crippen MR) is 128 cm³/mol. The molecule has 1 atom stereocenters. The van der Waals surface area contributed by atoms with Gasteiger partial charge in [-0.2, -0.15) is 0 Å². The Morgan fingerprint density at radius 3 is 2.45 bits per heavy atom. The van der Waals surface area contributed by atoms with Crippen LogP contribution in [0.1, 0.15) is 6.92 Å². The lowest BCUT2D eigenvalue weighted by Gasteiger charge is -2.38. The van der Waals surface area contributed by atoms with E-state index in [9.17, 15) is 14.9 Å². The second-order valence-corrected chi connectivity index (χ2v) is 8.56. The predicted octanol–water partition coefficient (Wildman–Crippen LogP) is 2.46. The highest BCUT2D eigenvalue weighted by Crippen LogP contribution is 2.33. The van der Waals surface area contributed by atoms with E-state index in [0.29, 0.717) is 45.0 Å². The van der Waals surface area contributed by atoms with Gasteiger partial charge in [-0.05, 0) is 32.2 Å². The van der Waals surface area contributed by atoms with E-state index in [2.05, 4.69) is 17.9 Å². The summed E-state index contributed by atoms with van der Waals surface area (Å²) in [5.41, 5.74) is 1.83. The van der Waals surface area contributed by atoms with Crippen LogP contribution < -0.4 is 14.5 Å². The SMILES string of the molecule is CCN1CC(CN(C)CC(=O)N2CCN(c3ccccc3[N+](=O)[O-])CC2)Oc2ccccc21. The third kappa shape index (κ3) is 5.19. The molecule has 1 unspecified atom stereocenters. The van der Waals surface area contributed by atoms with Crippen LogP contribution in [0.3, 0.4) is 0 Å². The number of hydrogen-bond donors (Lipinski definition) is 0. The van der Waals surface area contributed by atoms with Gasteiger partial charge in [-0.25, -0.2) is 0 Å². The summed E-state index contributed by atoms with van der Waals surface area (Å²) in [5.74, 6) is 0.963. The molecule has 33 heavy (non-hydrogen) atoms. The van der Waals surface area contributed by atoms with Gasteiger partial charge in [-0.3, -0.25) is 19.8 Å². The molecule has 2 heterocycles. The third-order valence-corrected chi connectivity index (χ3v) is 6.28. The van der Waals surface area contributed by atoms with Gasteiger partial charge in [-0.1, -0.05) is 24.3 Å². The first-order valence-electron chi connectivity index (χ1n) is 11.4. The second-order valence-electron chi connectivity index (χ2n) is 8.56. The van der Waals surface area contributed by atoms with E-state index in [-0.39, 0.29) is 22.6 Å². The minimum absolute atomic E-state index is 0.00636. The molecule has 0 aromatic heterocycles. The molecule has 9 heteroatoms. The summed E-state index contributed by atoms with van der Waals surface area (Å²) in [6, 6.07) is 14.8. The number of hydrogen-bond acceptors (Lipinski definition) is 7. The lowest BCUT2D eigenvalue weighted by atomic mass is 10.2. The molecule has 2 aromatic carbocycles. The van der Waals surface area contributed by atoms with Crippen LogP contribution in [0.25, 0.3) is 0 Å². The van der Waals surface area contributed by atoms with Crippen molar-refractivity contribution in [3.8, 4) is 5.75 Å². The Kier molecular flexibility index (Phi) is 6.98. The molecule has 1 saturated heterocycles. The Hall–Kier alpha value is -3.33. The van der Waals surface area contributed by atoms with Crippen molar-refractivity contribution in [1.29, 1.82) is 0 Å². The fourth-order valence-corrected chi connectivity index (χ4v) is 4.60. The maximum atomic E-state index is 12.9. The monoisotopic (exact) mass is 453 g/mol. The number of amides is 1. The van der Waals surface area contributed by atoms with Gasteiger partial charge in [-0.15, -0.1) is 0 Å². The number of fused-ring (bicyclic) bond motifs is 1. The number of piperazine rings is 1. The maximum absolute atomic E-state index is 12.9. The van der Waals surface area contributed by atoms with E-state index in [1.807, 2.05) is 39.9 Å². The average molecular weight is 454 g/mol. The Morgan fingerprint density at radius 2 is 1.76 bits per heavy atom. The van der Waals surface area contributed by atoms with Crippen LogP contribution in [0.2, 0.25) is 0 Å². The summed E-state index contributed by atoms with van der Waals surface area (Å²) >= 11 is 0. The maximum Gasteiger partial charge on any atom is 0.292 e. The molecule has 0 aliphatic carbocycles. The molecule has 1 fully saturated rings. The minimum Gasteiger partial charge on any atom is -0.485 e. The topological polar surface area (TPSA) is 82.4 Å². The van der Waals surface area contributed by atoms with Crippen molar-refractivity contribution in [2.24, 2.45) is 0 Å². The minimum atomic E-state index is -0.354. The first kappa shape index (κ1) is 22.8. The third-order valence-electron chi connectivity index (χ3n) is 6.28. The number of carbonyl (C=O) groups is 1. The van der Waals surface area contributed by atoms with E-state index in [4.69, 9.17) is 4.74 Å². The highest BCUT2D eigenvalue weighted by atomic mass is 16.6. The quantitative estimate of drug-likeness (QED) is 0.470. The molecule has 0 N–H and O–H groups in total. The first-order chi connectivity index (χ1) is 16.0. The van der Waals surface area contributed by atoms with E-state index in [1.54, 1.807) is 18.2 Å². The fourth-order valence-electron chi connectivity index (χ4n) is 4.60. The van der Waals surface area contributed by atoms with Crippen LogP contribution in [0, 0.1) is 10.1 Å². The van der Waals surface area contributed by atoms with Crippen LogP contribution in [-0.4, -0.2) is 86.1 Å². The van der Waals surface area contributed by atoms with Crippen molar-refractivity contribution in [3.63, 3.8) is 0 Å². The molecule has 176 valence electrons. The highest BCUT2D eigenvalue weighted by Gasteiger charge is 2.28. The number of nitro groups is 1. The van der Waals surface area contributed by atoms with Crippen molar-refractivity contribution in [3.05, 3.63) is 58.6 Å². The summed E-state index contributed by atoms with van der Waals surface area (Å²) in [4.78, 5) is 32.0. The fraction of sp³-hybridized carbons (Fsp3) is 0.458. The highest BCUT2D eigenvalue weighted by molar-refractivity contribution is 5.78. The Balaban J connectivity index is 1.29. The summed E-state index contributed by atoms with van der Waals surface area (Å²) in [6.07, 6.45) is -0.00636. The van der Waals surface area contributed by atoms with Gasteiger partial charge in [0, 0.05) is 45.3 Å². The summed E-state index contributed by atoms with van der Waals surface area (Å²) in [7, 11) is 1.95. The zero-order valence-corrected chi connectivity index (χ0v) is 19.2. The van der Waals surface area contributed by atoms with E-state index in [1.165, 1.54) is 6.07 Å². The number of nitrogens with zero attached hydrogens (tertiary/aromatic N) is 5. The molecule has 0 saturated carbocycles. The summed E-state index contributed by atoms with van der Waals surface area (Å²) < 4.78 is 6.19. The Labute approximate surface area is 194 Å². The van der Waals surface area contributed by atoms with E-state index in [0.717, 1.165) is 24.5 Å². The second kappa shape index (κ2) is 10.1. The number of nitro benzene ring substituents is 1. The normalized spacial score (nSPS) is 18.2. The van der Waals surface area contributed by atoms with Crippen LogP contribution in [-0.2, 0) is 4.79 Å². The van der Waals surface area contributed by atoms with Gasteiger partial charge < -0.3 is 19.4 Å². The lowest BCUT2D eigenvalue weighted by molar-refractivity contribution is -0.384. The van der Waals surface area contributed by atoms with Crippen LogP contribution >= 0.6 is 0 Å². The molecule has 2 aromatic rings.